The zero-order valence-corrected chi connectivity index (χ0v) is 18.3. The average molecular weight is 418 g/mol. The Morgan fingerprint density at radius 3 is 2.50 bits per heavy atom. The molecule has 1 aliphatic rings. The van der Waals surface area contributed by atoms with E-state index >= 15 is 0 Å². The molecule has 0 spiro atoms. The van der Waals surface area contributed by atoms with E-state index < -0.39 is 0 Å². The Hall–Kier alpha value is -1.79. The molecule has 2 aromatic rings. The quantitative estimate of drug-likeness (QED) is 0.577. The van der Waals surface area contributed by atoms with Gasteiger partial charge in [0.05, 0.1) is 12.4 Å². The number of rotatable bonds is 7. The van der Waals surface area contributed by atoms with Gasteiger partial charge in [0, 0.05) is 15.7 Å². The van der Waals surface area contributed by atoms with E-state index in [-0.39, 0.29) is 11.9 Å². The Labute approximate surface area is 175 Å². The van der Waals surface area contributed by atoms with Crippen molar-refractivity contribution in [3.8, 4) is 11.1 Å². The van der Waals surface area contributed by atoms with Gasteiger partial charge in [-0.15, -0.1) is 23.1 Å². The van der Waals surface area contributed by atoms with E-state index in [0.717, 1.165) is 21.6 Å². The third kappa shape index (κ3) is 4.97. The summed E-state index contributed by atoms with van der Waals surface area (Å²) in [5.74, 6) is -0.0238. The first-order valence-electron chi connectivity index (χ1n) is 9.78. The van der Waals surface area contributed by atoms with Crippen LogP contribution in [0.4, 0.5) is 5.00 Å². The van der Waals surface area contributed by atoms with Crippen LogP contribution < -0.4 is 5.32 Å². The van der Waals surface area contributed by atoms with Gasteiger partial charge in [-0.2, -0.15) is 0 Å². The Bertz CT molecular complexity index is 836. The van der Waals surface area contributed by atoms with Gasteiger partial charge in [0.15, 0.2) is 0 Å². The summed E-state index contributed by atoms with van der Waals surface area (Å²) in [5, 5.41) is 4.15. The predicted octanol–water partition coefficient (Wildman–Crippen LogP) is 5.82. The van der Waals surface area contributed by atoms with Crippen molar-refractivity contribution in [2.24, 2.45) is 0 Å². The Kier molecular flexibility index (Phi) is 7.18. The van der Waals surface area contributed by atoms with E-state index in [1.165, 1.54) is 37.0 Å². The summed E-state index contributed by atoms with van der Waals surface area (Å²) in [6.45, 7) is 6.10. The van der Waals surface area contributed by atoms with Gasteiger partial charge >= 0.3 is 5.97 Å². The number of carbonyl (C=O) groups excluding carboxylic acids is 2. The third-order valence-corrected chi connectivity index (χ3v) is 7.30. The van der Waals surface area contributed by atoms with E-state index in [0.29, 0.717) is 28.2 Å². The van der Waals surface area contributed by atoms with E-state index in [9.17, 15) is 9.59 Å². The lowest BCUT2D eigenvalue weighted by Crippen LogP contribution is -2.17. The smallest absolute Gasteiger partial charge is 0.341 e. The fraction of sp³-hybridized carbons (Fsp3) is 0.455. The monoisotopic (exact) mass is 417 g/mol. The van der Waals surface area contributed by atoms with Gasteiger partial charge < -0.3 is 10.1 Å². The summed E-state index contributed by atoms with van der Waals surface area (Å²) < 4.78 is 5.30. The van der Waals surface area contributed by atoms with Crippen molar-refractivity contribution in [1.82, 2.24) is 0 Å². The lowest BCUT2D eigenvalue weighted by Gasteiger charge is -2.11. The molecule has 1 heterocycles. The summed E-state index contributed by atoms with van der Waals surface area (Å²) in [6.07, 6.45) is 4.91. The topological polar surface area (TPSA) is 55.4 Å². The number of ether oxygens (including phenoxy) is 1. The molecule has 0 aliphatic heterocycles. The van der Waals surface area contributed by atoms with E-state index in [4.69, 9.17) is 4.74 Å². The summed E-state index contributed by atoms with van der Waals surface area (Å²) in [5.41, 5.74) is 3.43. The van der Waals surface area contributed by atoms with Crippen LogP contribution in [0.5, 0.6) is 0 Å². The number of hydrogen-bond acceptors (Lipinski definition) is 5. The fourth-order valence-corrected chi connectivity index (χ4v) is 5.72. The van der Waals surface area contributed by atoms with Crippen LogP contribution in [0.25, 0.3) is 11.1 Å². The minimum atomic E-state index is -0.388. The molecule has 1 fully saturated rings. The molecule has 1 N–H and O–H groups in total. The summed E-state index contributed by atoms with van der Waals surface area (Å²) in [7, 11) is 0. The van der Waals surface area contributed by atoms with Gasteiger partial charge in [-0.05, 0) is 39.2 Å². The number of nitrogens with one attached hydrogen (secondary N) is 1. The Morgan fingerprint density at radius 1 is 1.18 bits per heavy atom. The Morgan fingerprint density at radius 2 is 1.86 bits per heavy atom. The van der Waals surface area contributed by atoms with Crippen LogP contribution >= 0.6 is 23.1 Å². The first kappa shape index (κ1) is 20.9. The maximum absolute atomic E-state index is 12.7. The molecule has 1 aromatic heterocycles. The highest BCUT2D eigenvalue weighted by atomic mass is 32.2. The number of aryl methyl sites for hydroxylation is 2. The van der Waals surface area contributed by atoms with Crippen molar-refractivity contribution >= 4 is 40.0 Å². The number of carbonyl (C=O) groups is 2. The van der Waals surface area contributed by atoms with Gasteiger partial charge in [-0.25, -0.2) is 4.79 Å². The maximum atomic E-state index is 12.7. The normalized spacial score (nSPS) is 14.2. The molecule has 1 amide bonds. The molecule has 1 aromatic carbocycles. The highest BCUT2D eigenvalue weighted by Crippen LogP contribution is 2.40. The molecule has 3 rings (SSSR count). The molecule has 6 heteroatoms. The second kappa shape index (κ2) is 9.61. The van der Waals surface area contributed by atoms with E-state index in [1.54, 1.807) is 18.7 Å². The number of anilines is 1. The van der Waals surface area contributed by atoms with Gasteiger partial charge in [0.2, 0.25) is 5.91 Å². The second-order valence-corrected chi connectivity index (χ2v) is 9.60. The highest BCUT2D eigenvalue weighted by molar-refractivity contribution is 8.00. The fourth-order valence-electron chi connectivity index (χ4n) is 3.51. The number of amides is 1. The summed E-state index contributed by atoms with van der Waals surface area (Å²) >= 11 is 3.16. The number of hydrogen-bond donors (Lipinski definition) is 1. The summed E-state index contributed by atoms with van der Waals surface area (Å²) in [6, 6.07) is 8.07. The van der Waals surface area contributed by atoms with Crippen molar-refractivity contribution < 1.29 is 14.3 Å². The molecule has 4 nitrogen and oxygen atoms in total. The number of thioether (sulfide) groups is 1. The third-order valence-electron chi connectivity index (χ3n) is 4.91. The molecule has 28 heavy (non-hydrogen) atoms. The molecule has 0 atom stereocenters. The number of benzene rings is 1. The van der Waals surface area contributed by atoms with Gasteiger partial charge in [0.25, 0.3) is 0 Å². The van der Waals surface area contributed by atoms with Crippen LogP contribution in [-0.2, 0) is 9.53 Å². The maximum Gasteiger partial charge on any atom is 0.341 e. The number of thiophene rings is 1. The van der Waals surface area contributed by atoms with E-state index in [2.05, 4.69) is 5.32 Å². The van der Waals surface area contributed by atoms with Crippen molar-refractivity contribution in [3.05, 3.63) is 40.3 Å². The summed E-state index contributed by atoms with van der Waals surface area (Å²) in [4.78, 5) is 26.2. The van der Waals surface area contributed by atoms with Crippen LogP contribution in [-0.4, -0.2) is 29.5 Å². The molecule has 150 valence electrons. The van der Waals surface area contributed by atoms with Gasteiger partial charge in [0.1, 0.15) is 10.6 Å². The van der Waals surface area contributed by atoms with Crippen molar-refractivity contribution in [2.75, 3.05) is 17.7 Å². The molecule has 0 saturated heterocycles. The highest BCUT2D eigenvalue weighted by Gasteiger charge is 2.26. The molecule has 1 aliphatic carbocycles. The lowest BCUT2D eigenvalue weighted by atomic mass is 10.0. The van der Waals surface area contributed by atoms with Crippen LogP contribution in [0.2, 0.25) is 0 Å². The minimum absolute atomic E-state index is 0.0563. The molecule has 1 saturated carbocycles. The number of esters is 1. The average Bonchev–Trinajstić information content (AvgIpc) is 3.29. The van der Waals surface area contributed by atoms with Crippen LogP contribution in [0.3, 0.4) is 0 Å². The predicted molar refractivity (Wildman–Crippen MR) is 119 cm³/mol. The van der Waals surface area contributed by atoms with Gasteiger partial charge in [-0.3, -0.25) is 4.79 Å². The van der Waals surface area contributed by atoms with Crippen LogP contribution in [0.15, 0.2) is 24.3 Å². The van der Waals surface area contributed by atoms with E-state index in [1.807, 2.05) is 38.1 Å². The van der Waals surface area contributed by atoms with Crippen LogP contribution in [0, 0.1) is 13.8 Å². The standard InChI is InChI=1S/C22H27NO3S2/c1-4-26-22(25)20-19(16-11-9-14(2)10-12-16)15(3)28-21(20)23-18(24)13-27-17-7-5-6-8-17/h9-12,17H,4-8,13H2,1-3H3,(H,23,24). The molecule has 0 bridgehead atoms. The molecule has 0 radical (unpaired) electrons. The minimum Gasteiger partial charge on any atom is -0.462 e. The van der Waals surface area contributed by atoms with Crippen LogP contribution in [0.1, 0.15) is 53.4 Å². The van der Waals surface area contributed by atoms with Crippen molar-refractivity contribution in [1.29, 1.82) is 0 Å². The first-order valence-corrected chi connectivity index (χ1v) is 11.6. The zero-order valence-electron chi connectivity index (χ0n) is 16.7. The Balaban J connectivity index is 1.85. The van der Waals surface area contributed by atoms with Crippen molar-refractivity contribution in [3.63, 3.8) is 0 Å². The van der Waals surface area contributed by atoms with Gasteiger partial charge in [-0.1, -0.05) is 42.7 Å². The van der Waals surface area contributed by atoms with Crippen molar-refractivity contribution in [2.45, 2.75) is 51.7 Å². The SMILES string of the molecule is CCOC(=O)c1c(NC(=O)CSC2CCCC2)sc(C)c1-c1ccc(C)cc1. The zero-order chi connectivity index (χ0) is 20.1. The second-order valence-electron chi connectivity index (χ2n) is 7.09. The largest absolute Gasteiger partial charge is 0.462 e. The molecular weight excluding hydrogens is 390 g/mol. The molecule has 0 unspecified atom stereocenters. The first-order chi connectivity index (χ1) is 13.5. The molecular formula is C22H27NO3S2. The lowest BCUT2D eigenvalue weighted by molar-refractivity contribution is -0.113.